The first-order valence-corrected chi connectivity index (χ1v) is 8.25. The van der Waals surface area contributed by atoms with Crippen molar-refractivity contribution >= 4 is 38.8 Å². The van der Waals surface area contributed by atoms with Gasteiger partial charge in [0.2, 0.25) is 5.65 Å². The Bertz CT molecular complexity index is 880. The molecule has 1 aliphatic rings. The third kappa shape index (κ3) is 2.92. The van der Waals surface area contributed by atoms with E-state index in [4.69, 9.17) is 4.74 Å². The molecule has 0 atom stereocenters. The molecule has 0 amide bonds. The standard InChI is InChI=1S/C15H14BrFN6O/c16-13-8-23-9-18-21-15(23)14(20-13)19-10-1-2-12(11(17)7-10)22-3-5-24-6-4-22/h1-2,7-9H,3-6H2,(H,19,20). The van der Waals surface area contributed by atoms with Crippen molar-refractivity contribution in [1.82, 2.24) is 19.6 Å². The molecule has 3 heterocycles. The molecular formula is C15H14BrFN6O. The van der Waals surface area contributed by atoms with E-state index < -0.39 is 0 Å². The molecule has 1 saturated heterocycles. The van der Waals surface area contributed by atoms with Gasteiger partial charge in [0.25, 0.3) is 0 Å². The number of hydrogen-bond donors (Lipinski definition) is 1. The van der Waals surface area contributed by atoms with E-state index >= 15 is 0 Å². The first-order chi connectivity index (χ1) is 11.7. The number of benzene rings is 1. The van der Waals surface area contributed by atoms with Gasteiger partial charge in [-0.2, -0.15) is 0 Å². The number of ether oxygens (including phenoxy) is 1. The van der Waals surface area contributed by atoms with E-state index in [1.165, 1.54) is 6.07 Å². The van der Waals surface area contributed by atoms with Crippen molar-refractivity contribution < 1.29 is 9.13 Å². The lowest BCUT2D eigenvalue weighted by Crippen LogP contribution is -2.36. The fourth-order valence-electron chi connectivity index (χ4n) is 2.67. The van der Waals surface area contributed by atoms with E-state index in [0.29, 0.717) is 53.7 Å². The smallest absolute Gasteiger partial charge is 0.203 e. The number of hydrogen-bond acceptors (Lipinski definition) is 6. The van der Waals surface area contributed by atoms with Crippen molar-refractivity contribution in [3.8, 4) is 0 Å². The number of halogens is 2. The maximum atomic E-state index is 14.5. The van der Waals surface area contributed by atoms with Crippen LogP contribution in [0.25, 0.3) is 5.65 Å². The van der Waals surface area contributed by atoms with Crippen LogP contribution in [0.1, 0.15) is 0 Å². The van der Waals surface area contributed by atoms with Gasteiger partial charge in [-0.15, -0.1) is 10.2 Å². The first kappa shape index (κ1) is 15.3. The summed E-state index contributed by atoms with van der Waals surface area (Å²) in [5.41, 5.74) is 1.74. The van der Waals surface area contributed by atoms with Gasteiger partial charge in [-0.1, -0.05) is 0 Å². The molecule has 0 spiro atoms. The molecule has 1 aromatic carbocycles. The number of nitrogens with zero attached hydrogens (tertiary/aromatic N) is 5. The van der Waals surface area contributed by atoms with Crippen LogP contribution >= 0.6 is 15.9 Å². The molecule has 0 saturated carbocycles. The average Bonchev–Trinajstić information content (AvgIpc) is 3.04. The number of rotatable bonds is 3. The molecule has 0 bridgehead atoms. The van der Waals surface area contributed by atoms with Gasteiger partial charge >= 0.3 is 0 Å². The lowest BCUT2D eigenvalue weighted by molar-refractivity contribution is 0.122. The van der Waals surface area contributed by atoms with Crippen molar-refractivity contribution in [1.29, 1.82) is 0 Å². The zero-order chi connectivity index (χ0) is 16.5. The van der Waals surface area contributed by atoms with E-state index in [9.17, 15) is 4.39 Å². The van der Waals surface area contributed by atoms with Crippen LogP contribution in [0, 0.1) is 5.82 Å². The molecule has 2 aromatic heterocycles. The highest BCUT2D eigenvalue weighted by Crippen LogP contribution is 2.26. The van der Waals surface area contributed by atoms with Crippen LogP contribution < -0.4 is 10.2 Å². The van der Waals surface area contributed by atoms with Crippen molar-refractivity contribution in [3.63, 3.8) is 0 Å². The molecule has 1 N–H and O–H groups in total. The minimum Gasteiger partial charge on any atom is -0.378 e. The second-order valence-electron chi connectivity index (χ2n) is 5.36. The maximum Gasteiger partial charge on any atom is 0.203 e. The zero-order valence-corrected chi connectivity index (χ0v) is 14.2. The largest absolute Gasteiger partial charge is 0.378 e. The summed E-state index contributed by atoms with van der Waals surface area (Å²) in [7, 11) is 0. The third-order valence-corrected chi connectivity index (χ3v) is 4.19. The van der Waals surface area contributed by atoms with Gasteiger partial charge in [0.1, 0.15) is 16.7 Å². The van der Waals surface area contributed by atoms with Crippen molar-refractivity contribution in [2.45, 2.75) is 0 Å². The maximum absolute atomic E-state index is 14.5. The fraction of sp³-hybridized carbons (Fsp3) is 0.267. The minimum absolute atomic E-state index is 0.283. The summed E-state index contributed by atoms with van der Waals surface area (Å²) in [4.78, 5) is 6.33. The van der Waals surface area contributed by atoms with Gasteiger partial charge in [-0.05, 0) is 34.1 Å². The lowest BCUT2D eigenvalue weighted by Gasteiger charge is -2.29. The monoisotopic (exact) mass is 392 g/mol. The van der Waals surface area contributed by atoms with Crippen LogP contribution in [-0.4, -0.2) is 45.9 Å². The number of nitrogens with one attached hydrogen (secondary N) is 1. The Morgan fingerprint density at radius 1 is 1.25 bits per heavy atom. The average molecular weight is 393 g/mol. The van der Waals surface area contributed by atoms with E-state index in [-0.39, 0.29) is 5.82 Å². The number of anilines is 3. The number of aromatic nitrogens is 4. The Morgan fingerprint density at radius 3 is 2.88 bits per heavy atom. The molecule has 9 heteroatoms. The molecule has 0 radical (unpaired) electrons. The van der Waals surface area contributed by atoms with E-state index in [2.05, 4.69) is 36.4 Å². The Morgan fingerprint density at radius 2 is 2.08 bits per heavy atom. The van der Waals surface area contributed by atoms with Crippen LogP contribution in [0.15, 0.2) is 35.3 Å². The van der Waals surface area contributed by atoms with Gasteiger partial charge in [-0.3, -0.25) is 4.40 Å². The van der Waals surface area contributed by atoms with Crippen molar-refractivity contribution in [2.24, 2.45) is 0 Å². The molecule has 0 aliphatic carbocycles. The highest BCUT2D eigenvalue weighted by molar-refractivity contribution is 9.10. The Balaban J connectivity index is 1.62. The summed E-state index contributed by atoms with van der Waals surface area (Å²) >= 11 is 3.34. The highest BCUT2D eigenvalue weighted by atomic mass is 79.9. The second kappa shape index (κ2) is 6.33. The molecule has 4 rings (SSSR count). The highest BCUT2D eigenvalue weighted by Gasteiger charge is 2.16. The summed E-state index contributed by atoms with van der Waals surface area (Å²) < 4.78 is 22.2. The molecule has 24 heavy (non-hydrogen) atoms. The van der Waals surface area contributed by atoms with Crippen LogP contribution in [0.2, 0.25) is 0 Å². The van der Waals surface area contributed by atoms with Crippen LogP contribution in [0.5, 0.6) is 0 Å². The van der Waals surface area contributed by atoms with Crippen LogP contribution in [0.4, 0.5) is 21.6 Å². The van der Waals surface area contributed by atoms with Gasteiger partial charge in [-0.25, -0.2) is 9.37 Å². The first-order valence-electron chi connectivity index (χ1n) is 7.46. The quantitative estimate of drug-likeness (QED) is 0.738. The van der Waals surface area contributed by atoms with Gasteiger partial charge in [0.05, 0.1) is 18.9 Å². The molecule has 1 aliphatic heterocycles. The summed E-state index contributed by atoms with van der Waals surface area (Å²) in [5.74, 6) is 0.217. The molecular weight excluding hydrogens is 379 g/mol. The van der Waals surface area contributed by atoms with Crippen molar-refractivity contribution in [2.75, 3.05) is 36.5 Å². The third-order valence-electron chi connectivity index (χ3n) is 3.81. The minimum atomic E-state index is -0.283. The predicted molar refractivity (Wildman–Crippen MR) is 91.2 cm³/mol. The molecule has 124 valence electrons. The van der Waals surface area contributed by atoms with Gasteiger partial charge < -0.3 is 15.0 Å². The van der Waals surface area contributed by atoms with Crippen molar-refractivity contribution in [3.05, 3.63) is 41.1 Å². The van der Waals surface area contributed by atoms with Gasteiger partial charge in [0, 0.05) is 25.0 Å². The molecule has 7 nitrogen and oxygen atoms in total. The molecule has 1 fully saturated rings. The second-order valence-corrected chi connectivity index (χ2v) is 6.18. The number of morpholine rings is 1. The van der Waals surface area contributed by atoms with Gasteiger partial charge in [0.15, 0.2) is 5.82 Å². The van der Waals surface area contributed by atoms with E-state index in [0.717, 1.165) is 0 Å². The van der Waals surface area contributed by atoms with E-state index in [1.54, 1.807) is 23.0 Å². The number of fused-ring (bicyclic) bond motifs is 1. The van der Waals surface area contributed by atoms with E-state index in [1.807, 2.05) is 11.0 Å². The fourth-order valence-corrected chi connectivity index (χ4v) is 3.07. The van der Waals surface area contributed by atoms with Crippen LogP contribution in [0.3, 0.4) is 0 Å². The normalized spacial score (nSPS) is 15.0. The summed E-state index contributed by atoms with van der Waals surface area (Å²) in [5, 5.41) is 11.0. The summed E-state index contributed by atoms with van der Waals surface area (Å²) in [6.45, 7) is 2.62. The Hall–Kier alpha value is -2.26. The molecule has 0 unspecified atom stereocenters. The zero-order valence-electron chi connectivity index (χ0n) is 12.6. The predicted octanol–water partition coefficient (Wildman–Crippen LogP) is 2.61. The summed E-state index contributed by atoms with van der Waals surface area (Å²) in [6, 6.07) is 5.05. The lowest BCUT2D eigenvalue weighted by atomic mass is 10.2. The van der Waals surface area contributed by atoms with Crippen LogP contribution in [-0.2, 0) is 4.74 Å². The summed E-state index contributed by atoms with van der Waals surface area (Å²) in [6.07, 6.45) is 3.33. The SMILES string of the molecule is Fc1cc(Nc2nc(Br)cn3cnnc23)ccc1N1CCOCC1. The molecule has 3 aromatic rings. The topological polar surface area (TPSA) is 67.6 Å². The Kier molecular flexibility index (Phi) is 4.03. The Labute approximate surface area is 145 Å².